The summed E-state index contributed by atoms with van der Waals surface area (Å²) in [5.41, 5.74) is 5.33. The van der Waals surface area contributed by atoms with Crippen LogP contribution in [-0.2, 0) is 37.5 Å². The number of phosphoric ester groups is 1. The van der Waals surface area contributed by atoms with E-state index in [4.69, 9.17) is 24.8 Å². The molecule has 0 saturated heterocycles. The fourth-order valence-electron chi connectivity index (χ4n) is 5.26. The Hall–Kier alpha value is -4.12. The normalized spacial score (nSPS) is 14.8. The van der Waals surface area contributed by atoms with E-state index in [-0.39, 0.29) is 12.8 Å². The Bertz CT molecular complexity index is 1500. The van der Waals surface area contributed by atoms with Gasteiger partial charge in [0, 0.05) is 12.8 Å². The van der Waals surface area contributed by atoms with E-state index in [1.807, 2.05) is 18.2 Å². The summed E-state index contributed by atoms with van der Waals surface area (Å²) in [6, 6.07) is -1.54. The molecule has 0 saturated carbocycles. The molecule has 11 nitrogen and oxygen atoms in total. The first-order valence-corrected chi connectivity index (χ1v) is 24.1. The van der Waals surface area contributed by atoms with E-state index in [2.05, 4.69) is 122 Å². The number of carbonyl (C=O) groups excluding carboxylic acids is 2. The monoisotopic (exact) mass is 884 g/mol. The number of carboxylic acids is 1. The molecular formula is C50H78NO10P. The maximum absolute atomic E-state index is 12.6. The smallest absolute Gasteiger partial charge is 0.472 e. The summed E-state index contributed by atoms with van der Waals surface area (Å²) in [5, 5.41) is 8.90. The SMILES string of the molecule is CC/C=C\C/C=C\C/C=C\C/C=C\C/C=C\C/C=C\CCC(=O)OC(COC(=O)CCCCCCCC/C=C\C/C=C\C/C=C\C/C=C\CC)COP(=O)(O)OCC(N)C(=O)O. The van der Waals surface area contributed by atoms with Crippen LogP contribution in [0, 0.1) is 0 Å². The van der Waals surface area contributed by atoms with Gasteiger partial charge in [-0.25, -0.2) is 4.57 Å². The molecule has 62 heavy (non-hydrogen) atoms. The lowest BCUT2D eigenvalue weighted by Crippen LogP contribution is -2.34. The molecule has 3 atom stereocenters. The number of nitrogens with two attached hydrogens (primary N) is 1. The molecule has 348 valence electrons. The molecule has 0 spiro atoms. The third-order valence-electron chi connectivity index (χ3n) is 8.72. The van der Waals surface area contributed by atoms with Crippen molar-refractivity contribution in [1.29, 1.82) is 0 Å². The number of phosphoric acid groups is 1. The first kappa shape index (κ1) is 57.9. The first-order valence-electron chi connectivity index (χ1n) is 22.6. The largest absolute Gasteiger partial charge is 0.480 e. The van der Waals surface area contributed by atoms with Gasteiger partial charge in [-0.05, 0) is 89.9 Å². The Morgan fingerprint density at radius 1 is 0.500 bits per heavy atom. The Morgan fingerprint density at radius 2 is 0.887 bits per heavy atom. The average Bonchev–Trinajstić information content (AvgIpc) is 3.25. The number of carboxylic acid groups (broad SMARTS) is 1. The molecule has 3 unspecified atom stereocenters. The zero-order valence-corrected chi connectivity index (χ0v) is 38.5. The summed E-state index contributed by atoms with van der Waals surface area (Å²) in [6.45, 7) is 2.46. The molecule has 12 heteroatoms. The van der Waals surface area contributed by atoms with E-state index >= 15 is 0 Å². The average molecular weight is 884 g/mol. The summed E-state index contributed by atoms with van der Waals surface area (Å²) in [5.74, 6) is -2.52. The Balaban J connectivity index is 4.51. The van der Waals surface area contributed by atoms with E-state index < -0.39 is 57.7 Å². The predicted molar refractivity (Wildman–Crippen MR) is 253 cm³/mol. The number of carbonyl (C=O) groups is 3. The number of allylic oxidation sites excluding steroid dienone is 20. The number of aliphatic carboxylic acids is 1. The minimum Gasteiger partial charge on any atom is -0.480 e. The molecule has 0 heterocycles. The highest BCUT2D eigenvalue weighted by Gasteiger charge is 2.28. The van der Waals surface area contributed by atoms with Gasteiger partial charge in [-0.15, -0.1) is 0 Å². The Kier molecular flexibility index (Phi) is 40.6. The minimum absolute atomic E-state index is 0.0246. The fraction of sp³-hybridized carbons (Fsp3) is 0.540. The van der Waals surface area contributed by atoms with E-state index in [1.165, 1.54) is 0 Å². The van der Waals surface area contributed by atoms with Crippen molar-refractivity contribution in [1.82, 2.24) is 0 Å². The predicted octanol–water partition coefficient (Wildman–Crippen LogP) is 12.4. The van der Waals surface area contributed by atoms with Gasteiger partial charge in [0.25, 0.3) is 0 Å². The van der Waals surface area contributed by atoms with E-state index in [1.54, 1.807) is 0 Å². The molecular weight excluding hydrogens is 806 g/mol. The highest BCUT2D eigenvalue weighted by atomic mass is 31.2. The number of hydrogen-bond acceptors (Lipinski definition) is 9. The number of unbranched alkanes of at least 4 members (excludes halogenated alkanes) is 6. The third-order valence-corrected chi connectivity index (χ3v) is 9.67. The van der Waals surface area contributed by atoms with Crippen LogP contribution in [-0.4, -0.2) is 59.9 Å². The highest BCUT2D eigenvalue weighted by molar-refractivity contribution is 7.47. The quantitative estimate of drug-likeness (QED) is 0.0231. The van der Waals surface area contributed by atoms with Crippen molar-refractivity contribution in [3.63, 3.8) is 0 Å². The molecule has 0 radical (unpaired) electrons. The second-order valence-electron chi connectivity index (χ2n) is 14.4. The van der Waals surface area contributed by atoms with Gasteiger partial charge in [0.15, 0.2) is 6.10 Å². The van der Waals surface area contributed by atoms with Gasteiger partial charge in [0.05, 0.1) is 13.2 Å². The molecule has 0 aliphatic heterocycles. The van der Waals surface area contributed by atoms with Crippen molar-refractivity contribution in [2.45, 2.75) is 154 Å². The molecule has 0 aromatic rings. The van der Waals surface area contributed by atoms with E-state index in [0.29, 0.717) is 19.3 Å². The van der Waals surface area contributed by atoms with E-state index in [0.717, 1.165) is 96.3 Å². The van der Waals surface area contributed by atoms with Crippen molar-refractivity contribution in [2.24, 2.45) is 5.73 Å². The van der Waals surface area contributed by atoms with Crippen molar-refractivity contribution in [3.05, 3.63) is 122 Å². The van der Waals surface area contributed by atoms with Gasteiger partial charge in [-0.3, -0.25) is 23.4 Å². The molecule has 0 bridgehead atoms. The Labute approximate surface area is 373 Å². The van der Waals surface area contributed by atoms with Gasteiger partial charge in [0.2, 0.25) is 0 Å². The van der Waals surface area contributed by atoms with Crippen molar-refractivity contribution in [3.8, 4) is 0 Å². The van der Waals surface area contributed by atoms with Crippen LogP contribution < -0.4 is 5.73 Å². The van der Waals surface area contributed by atoms with Crippen LogP contribution in [0.1, 0.15) is 142 Å². The van der Waals surface area contributed by atoms with Crippen LogP contribution in [0.4, 0.5) is 0 Å². The van der Waals surface area contributed by atoms with Crippen LogP contribution >= 0.6 is 7.82 Å². The highest BCUT2D eigenvalue weighted by Crippen LogP contribution is 2.43. The van der Waals surface area contributed by atoms with Crippen molar-refractivity contribution in [2.75, 3.05) is 19.8 Å². The Morgan fingerprint density at radius 3 is 1.34 bits per heavy atom. The van der Waals surface area contributed by atoms with Crippen LogP contribution in [0.5, 0.6) is 0 Å². The molecule has 0 rings (SSSR count). The van der Waals surface area contributed by atoms with Crippen LogP contribution in [0.15, 0.2) is 122 Å². The summed E-state index contributed by atoms with van der Waals surface area (Å²) in [6.07, 6.45) is 58.5. The van der Waals surface area contributed by atoms with Gasteiger partial charge >= 0.3 is 25.7 Å². The summed E-state index contributed by atoms with van der Waals surface area (Å²) >= 11 is 0. The maximum Gasteiger partial charge on any atom is 0.472 e. The molecule has 0 aromatic carbocycles. The lowest BCUT2D eigenvalue weighted by molar-refractivity contribution is -0.161. The second kappa shape index (κ2) is 43.5. The first-order chi connectivity index (χ1) is 30.1. The number of ether oxygens (including phenoxy) is 2. The summed E-state index contributed by atoms with van der Waals surface area (Å²) in [7, 11) is -4.75. The number of rotatable bonds is 40. The van der Waals surface area contributed by atoms with Gasteiger partial charge in [-0.2, -0.15) is 0 Å². The van der Waals surface area contributed by atoms with Gasteiger partial charge in [-0.1, -0.05) is 161 Å². The lowest BCUT2D eigenvalue weighted by Gasteiger charge is -2.20. The van der Waals surface area contributed by atoms with Crippen LogP contribution in [0.2, 0.25) is 0 Å². The minimum atomic E-state index is -4.75. The van der Waals surface area contributed by atoms with E-state index in [9.17, 15) is 23.8 Å². The molecule has 0 aliphatic carbocycles. The van der Waals surface area contributed by atoms with Crippen molar-refractivity contribution >= 4 is 25.7 Å². The number of esters is 2. The zero-order chi connectivity index (χ0) is 45.6. The molecule has 0 amide bonds. The zero-order valence-electron chi connectivity index (χ0n) is 37.7. The van der Waals surface area contributed by atoms with Crippen LogP contribution in [0.25, 0.3) is 0 Å². The molecule has 0 fully saturated rings. The van der Waals surface area contributed by atoms with Crippen LogP contribution in [0.3, 0.4) is 0 Å². The van der Waals surface area contributed by atoms with Gasteiger partial charge < -0.3 is 25.2 Å². The number of hydrogen-bond donors (Lipinski definition) is 3. The summed E-state index contributed by atoms with van der Waals surface area (Å²) < 4.78 is 32.6. The fourth-order valence-corrected chi connectivity index (χ4v) is 6.03. The second-order valence-corrected chi connectivity index (χ2v) is 15.9. The maximum atomic E-state index is 12.6. The lowest BCUT2D eigenvalue weighted by atomic mass is 10.1. The van der Waals surface area contributed by atoms with Gasteiger partial charge in [0.1, 0.15) is 12.6 Å². The third kappa shape index (κ3) is 42.6. The van der Waals surface area contributed by atoms with Crippen molar-refractivity contribution < 1.29 is 47.5 Å². The molecule has 0 aromatic heterocycles. The topological polar surface area (TPSA) is 172 Å². The summed E-state index contributed by atoms with van der Waals surface area (Å²) in [4.78, 5) is 46.0. The standard InChI is InChI=1S/C50H78NO10P/c1-3-5-7-9-11-13-15-17-19-21-23-25-27-29-31-33-35-37-39-41-48(52)58-43-46(44-59-62(56,57)60-45-47(51)50(54)55)61-49(53)42-40-38-36-34-32-30-28-26-24-22-20-18-16-14-12-10-8-6-4-2/h5-8,11-14,17-20,23-26,30,32,36,38,46-47H,3-4,9-10,15-16,21-22,27-29,31,33-35,37,39-45,51H2,1-2H3,(H,54,55)(H,56,57)/b7-5-,8-6-,13-11-,14-12-,19-17-,20-18-,25-23-,26-24-,32-30-,38-36-. The molecule has 0 aliphatic rings. The molecule has 4 N–H and O–H groups in total.